The number of carbonyl (C=O) groups is 2. The van der Waals surface area contributed by atoms with Crippen molar-refractivity contribution in [2.45, 2.75) is 38.3 Å². The van der Waals surface area contributed by atoms with Crippen molar-refractivity contribution in [1.29, 1.82) is 0 Å². The lowest BCUT2D eigenvalue weighted by Gasteiger charge is -2.36. The van der Waals surface area contributed by atoms with Crippen molar-refractivity contribution in [3.63, 3.8) is 0 Å². The van der Waals surface area contributed by atoms with Crippen LogP contribution >= 0.6 is 0 Å². The first-order valence-electron chi connectivity index (χ1n) is 7.33. The molecule has 0 aromatic carbocycles. The molecule has 0 N–H and O–H groups in total. The molecule has 2 rings (SSSR count). The zero-order valence-corrected chi connectivity index (χ0v) is 12.3. The quantitative estimate of drug-likeness (QED) is 0.696. The van der Waals surface area contributed by atoms with Crippen molar-refractivity contribution in [3.8, 4) is 0 Å². The molecule has 20 heavy (non-hydrogen) atoms. The summed E-state index contributed by atoms with van der Waals surface area (Å²) < 4.78 is 10.3. The Morgan fingerprint density at radius 1 is 1.30 bits per heavy atom. The number of likely N-dealkylation sites (tertiary alicyclic amines) is 1. The maximum Gasteiger partial charge on any atom is 0.323 e. The van der Waals surface area contributed by atoms with Crippen LogP contribution in [0.25, 0.3) is 0 Å². The van der Waals surface area contributed by atoms with E-state index in [-0.39, 0.29) is 24.0 Å². The summed E-state index contributed by atoms with van der Waals surface area (Å²) in [6, 6.07) is -0.267. The number of ether oxygens (including phenoxy) is 2. The molecule has 0 saturated carbocycles. The van der Waals surface area contributed by atoms with Gasteiger partial charge in [0.2, 0.25) is 5.91 Å². The van der Waals surface area contributed by atoms with Gasteiger partial charge < -0.3 is 14.4 Å². The van der Waals surface area contributed by atoms with Gasteiger partial charge in [-0.15, -0.1) is 0 Å². The molecular weight excluding hydrogens is 260 g/mol. The Morgan fingerprint density at radius 2 is 2.10 bits per heavy atom. The lowest BCUT2D eigenvalue weighted by Crippen LogP contribution is -2.52. The molecule has 2 saturated heterocycles. The molecule has 0 aromatic rings. The Balaban J connectivity index is 1.92. The molecule has 0 radical (unpaired) electrons. The molecule has 0 spiro atoms. The molecule has 6 nitrogen and oxygen atoms in total. The number of piperidine rings is 1. The molecular formula is C14H24N2O4. The van der Waals surface area contributed by atoms with Crippen molar-refractivity contribution < 1.29 is 19.1 Å². The van der Waals surface area contributed by atoms with Crippen LogP contribution in [0, 0.1) is 0 Å². The highest BCUT2D eigenvalue weighted by Gasteiger charge is 2.32. The fraction of sp³-hybridized carbons (Fsp3) is 0.857. The number of morpholine rings is 1. The van der Waals surface area contributed by atoms with Crippen molar-refractivity contribution in [2.75, 3.05) is 39.9 Å². The molecule has 2 atom stereocenters. The summed E-state index contributed by atoms with van der Waals surface area (Å²) >= 11 is 0. The summed E-state index contributed by atoms with van der Waals surface area (Å²) in [5.41, 5.74) is 0. The van der Waals surface area contributed by atoms with Gasteiger partial charge in [0.15, 0.2) is 0 Å². The molecule has 2 heterocycles. The number of hydrogen-bond acceptors (Lipinski definition) is 5. The summed E-state index contributed by atoms with van der Waals surface area (Å²) in [7, 11) is 1.40. The lowest BCUT2D eigenvalue weighted by atomic mass is 10.0. The number of amides is 1. The van der Waals surface area contributed by atoms with Gasteiger partial charge in [0.05, 0.1) is 26.4 Å². The van der Waals surface area contributed by atoms with Crippen LogP contribution in [0.1, 0.15) is 26.2 Å². The second kappa shape index (κ2) is 7.04. The summed E-state index contributed by atoms with van der Waals surface area (Å²) in [4.78, 5) is 27.9. The van der Waals surface area contributed by atoms with E-state index in [9.17, 15) is 9.59 Å². The normalized spacial score (nSPS) is 28.2. The molecule has 0 aromatic heterocycles. The van der Waals surface area contributed by atoms with E-state index in [1.165, 1.54) is 7.11 Å². The molecule has 2 aliphatic rings. The van der Waals surface area contributed by atoms with E-state index in [0.29, 0.717) is 26.2 Å². The smallest absolute Gasteiger partial charge is 0.323 e. The lowest BCUT2D eigenvalue weighted by molar-refractivity contribution is -0.150. The van der Waals surface area contributed by atoms with E-state index in [1.807, 2.05) is 16.7 Å². The van der Waals surface area contributed by atoms with E-state index >= 15 is 0 Å². The van der Waals surface area contributed by atoms with E-state index in [4.69, 9.17) is 9.47 Å². The maximum atomic E-state index is 12.3. The molecule has 2 aliphatic heterocycles. The fourth-order valence-corrected chi connectivity index (χ4v) is 2.90. The standard InChI is InChI=1S/C14H24N2O4/c1-11-9-16(7-8-20-11)13(17)10-15-6-4-3-5-12(15)14(18)19-2/h11-12H,3-10H2,1-2H3/t11-,12-/m0/s1. The Hall–Kier alpha value is -1.14. The molecule has 0 unspecified atom stereocenters. The molecule has 6 heteroatoms. The first-order valence-corrected chi connectivity index (χ1v) is 7.33. The van der Waals surface area contributed by atoms with Crippen LogP contribution in [-0.2, 0) is 19.1 Å². The van der Waals surface area contributed by atoms with Gasteiger partial charge in [0.25, 0.3) is 0 Å². The number of carbonyl (C=O) groups excluding carboxylic acids is 2. The van der Waals surface area contributed by atoms with Gasteiger partial charge in [-0.05, 0) is 26.3 Å². The summed E-state index contributed by atoms with van der Waals surface area (Å²) in [6.45, 7) is 4.91. The fourth-order valence-electron chi connectivity index (χ4n) is 2.90. The van der Waals surface area contributed by atoms with Crippen LogP contribution in [0.15, 0.2) is 0 Å². The summed E-state index contributed by atoms with van der Waals surface area (Å²) in [6.07, 6.45) is 2.91. The zero-order chi connectivity index (χ0) is 14.5. The van der Waals surface area contributed by atoms with E-state index < -0.39 is 0 Å². The Labute approximate surface area is 120 Å². The Morgan fingerprint density at radius 3 is 2.80 bits per heavy atom. The largest absolute Gasteiger partial charge is 0.468 e. The van der Waals surface area contributed by atoms with Crippen molar-refractivity contribution in [2.24, 2.45) is 0 Å². The Kier molecular flexibility index (Phi) is 5.37. The minimum absolute atomic E-state index is 0.0796. The molecule has 114 valence electrons. The zero-order valence-electron chi connectivity index (χ0n) is 12.3. The van der Waals surface area contributed by atoms with Crippen molar-refractivity contribution >= 4 is 11.9 Å². The third-order valence-corrected chi connectivity index (χ3v) is 4.02. The molecule has 0 aliphatic carbocycles. The monoisotopic (exact) mass is 284 g/mol. The second-order valence-corrected chi connectivity index (χ2v) is 5.53. The van der Waals surface area contributed by atoms with Crippen molar-refractivity contribution in [1.82, 2.24) is 9.80 Å². The van der Waals surface area contributed by atoms with Crippen LogP contribution < -0.4 is 0 Å². The molecule has 1 amide bonds. The molecule has 0 bridgehead atoms. The highest BCUT2D eigenvalue weighted by Crippen LogP contribution is 2.18. The second-order valence-electron chi connectivity index (χ2n) is 5.53. The first-order chi connectivity index (χ1) is 9.61. The Bertz CT molecular complexity index is 361. The van der Waals surface area contributed by atoms with Crippen molar-refractivity contribution in [3.05, 3.63) is 0 Å². The van der Waals surface area contributed by atoms with Gasteiger partial charge in [0, 0.05) is 13.1 Å². The third-order valence-electron chi connectivity index (χ3n) is 4.02. The highest BCUT2D eigenvalue weighted by molar-refractivity contribution is 5.80. The van der Waals surface area contributed by atoms with Crippen LogP contribution in [0.5, 0.6) is 0 Å². The molecule has 2 fully saturated rings. The van der Waals surface area contributed by atoms with E-state index in [0.717, 1.165) is 25.8 Å². The highest BCUT2D eigenvalue weighted by atomic mass is 16.5. The number of esters is 1. The number of methoxy groups -OCH3 is 1. The average Bonchev–Trinajstić information content (AvgIpc) is 2.47. The van der Waals surface area contributed by atoms with Gasteiger partial charge in [-0.2, -0.15) is 0 Å². The minimum atomic E-state index is -0.267. The number of rotatable bonds is 3. The van der Waals surface area contributed by atoms with Gasteiger partial charge >= 0.3 is 5.97 Å². The first kappa shape index (κ1) is 15.3. The minimum Gasteiger partial charge on any atom is -0.468 e. The SMILES string of the molecule is COC(=O)[C@@H]1CCCCN1CC(=O)N1CCO[C@@H](C)C1. The average molecular weight is 284 g/mol. The van der Waals surface area contributed by atoms with Gasteiger partial charge in [0.1, 0.15) is 6.04 Å². The van der Waals surface area contributed by atoms with Gasteiger partial charge in [-0.3, -0.25) is 14.5 Å². The van der Waals surface area contributed by atoms with E-state index in [1.54, 1.807) is 0 Å². The predicted octanol–water partition coefficient (Wildman–Crippen LogP) is 0.261. The van der Waals surface area contributed by atoms with Crippen LogP contribution in [0.2, 0.25) is 0 Å². The van der Waals surface area contributed by atoms with Gasteiger partial charge in [-0.25, -0.2) is 0 Å². The third kappa shape index (κ3) is 3.70. The topological polar surface area (TPSA) is 59.1 Å². The number of hydrogen-bond donors (Lipinski definition) is 0. The van der Waals surface area contributed by atoms with Gasteiger partial charge in [-0.1, -0.05) is 6.42 Å². The number of nitrogens with zero attached hydrogens (tertiary/aromatic N) is 2. The summed E-state index contributed by atoms with van der Waals surface area (Å²) in [5, 5.41) is 0. The predicted molar refractivity (Wildman–Crippen MR) is 73.2 cm³/mol. The van der Waals surface area contributed by atoms with E-state index in [2.05, 4.69) is 0 Å². The maximum absolute atomic E-state index is 12.3. The summed E-state index contributed by atoms with van der Waals surface area (Å²) in [5.74, 6) is -0.149. The van der Waals surface area contributed by atoms with Crippen LogP contribution in [0.4, 0.5) is 0 Å². The van der Waals surface area contributed by atoms with Crippen LogP contribution in [-0.4, -0.2) is 73.7 Å². The van der Waals surface area contributed by atoms with Crippen LogP contribution in [0.3, 0.4) is 0 Å².